The standard InChI is InChI=1S/C19H25NO3.CH4/c1-15(21)12-20(13-16-4-8-18(22-2)9-5-16)14-17-6-10-19(23-3)11-7-17;/h4-11,15,21H,12-14H2,1-3H3;1H4/t15-;/m1./s1. The highest BCUT2D eigenvalue weighted by atomic mass is 16.5. The first-order valence-corrected chi connectivity index (χ1v) is 7.77. The van der Waals surface area contributed by atoms with Gasteiger partial charge in [0.1, 0.15) is 11.5 Å². The summed E-state index contributed by atoms with van der Waals surface area (Å²) in [5, 5.41) is 9.76. The Hall–Kier alpha value is -2.04. The lowest BCUT2D eigenvalue weighted by Gasteiger charge is -2.24. The summed E-state index contributed by atoms with van der Waals surface area (Å²) >= 11 is 0. The molecule has 2 rings (SSSR count). The average Bonchev–Trinajstić information content (AvgIpc) is 2.55. The molecule has 0 aliphatic rings. The lowest BCUT2D eigenvalue weighted by molar-refractivity contribution is 0.118. The number of nitrogens with zero attached hydrogens (tertiary/aromatic N) is 1. The first kappa shape index (κ1) is 20.0. The third kappa shape index (κ3) is 6.22. The summed E-state index contributed by atoms with van der Waals surface area (Å²) in [5.41, 5.74) is 2.39. The fourth-order valence-electron chi connectivity index (χ4n) is 2.54. The Morgan fingerprint density at radius 1 is 0.833 bits per heavy atom. The monoisotopic (exact) mass is 331 g/mol. The molecular weight excluding hydrogens is 302 g/mol. The van der Waals surface area contributed by atoms with E-state index in [2.05, 4.69) is 29.2 Å². The van der Waals surface area contributed by atoms with Crippen LogP contribution in [0.3, 0.4) is 0 Å². The van der Waals surface area contributed by atoms with Crippen LogP contribution in [0.2, 0.25) is 0 Å². The third-order valence-corrected chi connectivity index (χ3v) is 3.65. The zero-order valence-electron chi connectivity index (χ0n) is 14.0. The van der Waals surface area contributed by atoms with E-state index in [-0.39, 0.29) is 13.5 Å². The molecule has 0 saturated carbocycles. The van der Waals surface area contributed by atoms with Crippen LogP contribution < -0.4 is 9.47 Å². The largest absolute Gasteiger partial charge is 0.497 e. The van der Waals surface area contributed by atoms with Crippen LogP contribution in [0, 0.1) is 0 Å². The number of aliphatic hydroxyl groups is 1. The average molecular weight is 331 g/mol. The van der Waals surface area contributed by atoms with Crippen molar-refractivity contribution in [1.29, 1.82) is 0 Å². The van der Waals surface area contributed by atoms with E-state index >= 15 is 0 Å². The molecule has 0 bridgehead atoms. The zero-order chi connectivity index (χ0) is 16.7. The van der Waals surface area contributed by atoms with Gasteiger partial charge >= 0.3 is 0 Å². The van der Waals surface area contributed by atoms with Crippen LogP contribution in [0.4, 0.5) is 0 Å². The second-order valence-corrected chi connectivity index (χ2v) is 5.71. The zero-order valence-corrected chi connectivity index (χ0v) is 14.0. The Bertz CT molecular complexity index is 529. The number of rotatable bonds is 8. The molecule has 0 saturated heterocycles. The van der Waals surface area contributed by atoms with Crippen LogP contribution >= 0.6 is 0 Å². The second-order valence-electron chi connectivity index (χ2n) is 5.71. The van der Waals surface area contributed by atoms with Crippen LogP contribution in [-0.2, 0) is 13.1 Å². The summed E-state index contributed by atoms with van der Waals surface area (Å²) in [4.78, 5) is 2.23. The van der Waals surface area contributed by atoms with Crippen molar-refractivity contribution in [3.63, 3.8) is 0 Å². The molecule has 0 heterocycles. The van der Waals surface area contributed by atoms with Crippen LogP contribution in [0.5, 0.6) is 11.5 Å². The van der Waals surface area contributed by atoms with Gasteiger partial charge in [0.2, 0.25) is 0 Å². The molecule has 1 N–H and O–H groups in total. The first-order chi connectivity index (χ1) is 11.1. The minimum absolute atomic E-state index is 0. The maximum Gasteiger partial charge on any atom is 0.118 e. The Labute approximate surface area is 145 Å². The third-order valence-electron chi connectivity index (χ3n) is 3.65. The van der Waals surface area contributed by atoms with Gasteiger partial charge in [0.25, 0.3) is 0 Å². The normalized spacial score (nSPS) is 11.7. The second kappa shape index (κ2) is 9.96. The van der Waals surface area contributed by atoms with Crippen molar-refractivity contribution in [2.45, 2.75) is 33.5 Å². The van der Waals surface area contributed by atoms with Gasteiger partial charge in [-0.1, -0.05) is 31.7 Å². The number of ether oxygens (including phenoxy) is 2. The van der Waals surface area contributed by atoms with E-state index in [1.165, 1.54) is 11.1 Å². The molecule has 0 fully saturated rings. The molecule has 2 aromatic carbocycles. The van der Waals surface area contributed by atoms with Gasteiger partial charge in [-0.15, -0.1) is 0 Å². The van der Waals surface area contributed by atoms with Crippen LogP contribution in [0.1, 0.15) is 25.5 Å². The predicted molar refractivity (Wildman–Crippen MR) is 98.5 cm³/mol. The summed E-state index contributed by atoms with van der Waals surface area (Å²) in [6, 6.07) is 16.1. The van der Waals surface area contributed by atoms with Crippen molar-refractivity contribution in [3.05, 3.63) is 59.7 Å². The summed E-state index contributed by atoms with van der Waals surface area (Å²) in [7, 11) is 3.33. The van der Waals surface area contributed by atoms with E-state index < -0.39 is 0 Å². The van der Waals surface area contributed by atoms with Crippen molar-refractivity contribution in [3.8, 4) is 11.5 Å². The Morgan fingerprint density at radius 3 is 1.50 bits per heavy atom. The fraction of sp³-hybridized carbons (Fsp3) is 0.400. The molecule has 0 spiro atoms. The van der Waals surface area contributed by atoms with Crippen LogP contribution in [0.15, 0.2) is 48.5 Å². The van der Waals surface area contributed by atoms with Gasteiger partial charge in [0.05, 0.1) is 20.3 Å². The van der Waals surface area contributed by atoms with E-state index in [0.717, 1.165) is 24.6 Å². The van der Waals surface area contributed by atoms with Crippen LogP contribution in [0.25, 0.3) is 0 Å². The topological polar surface area (TPSA) is 41.9 Å². The molecule has 0 amide bonds. The van der Waals surface area contributed by atoms with E-state index in [1.54, 1.807) is 14.2 Å². The molecule has 0 radical (unpaired) electrons. The summed E-state index contributed by atoms with van der Waals surface area (Å²) in [5.74, 6) is 1.71. The molecule has 0 unspecified atom stereocenters. The van der Waals surface area contributed by atoms with Gasteiger partial charge < -0.3 is 14.6 Å². The number of benzene rings is 2. The Balaban J connectivity index is 0.00000288. The smallest absolute Gasteiger partial charge is 0.118 e. The van der Waals surface area contributed by atoms with Gasteiger partial charge in [-0.3, -0.25) is 4.90 Å². The summed E-state index contributed by atoms with van der Waals surface area (Å²) < 4.78 is 10.4. The van der Waals surface area contributed by atoms with Gasteiger partial charge in [-0.05, 0) is 42.3 Å². The molecule has 4 heteroatoms. The SMILES string of the molecule is C.COc1ccc(CN(Cc2ccc(OC)cc2)C[C@@H](C)O)cc1. The number of methoxy groups -OCH3 is 2. The van der Waals surface area contributed by atoms with Gasteiger partial charge in [-0.25, -0.2) is 0 Å². The number of hydrogen-bond donors (Lipinski definition) is 1. The highest BCUT2D eigenvalue weighted by Crippen LogP contribution is 2.17. The highest BCUT2D eigenvalue weighted by Gasteiger charge is 2.10. The fourth-order valence-corrected chi connectivity index (χ4v) is 2.54. The number of hydrogen-bond acceptors (Lipinski definition) is 4. The molecule has 2 aromatic rings. The van der Waals surface area contributed by atoms with Gasteiger partial charge in [0.15, 0.2) is 0 Å². The highest BCUT2D eigenvalue weighted by molar-refractivity contribution is 5.28. The van der Waals surface area contributed by atoms with E-state index in [1.807, 2.05) is 31.2 Å². The molecule has 4 nitrogen and oxygen atoms in total. The molecule has 24 heavy (non-hydrogen) atoms. The molecule has 0 aromatic heterocycles. The first-order valence-electron chi connectivity index (χ1n) is 7.77. The maximum absolute atomic E-state index is 9.76. The van der Waals surface area contributed by atoms with E-state index in [4.69, 9.17) is 9.47 Å². The summed E-state index contributed by atoms with van der Waals surface area (Å²) in [6.45, 7) is 3.99. The van der Waals surface area contributed by atoms with E-state index in [0.29, 0.717) is 6.54 Å². The van der Waals surface area contributed by atoms with Crippen molar-refractivity contribution < 1.29 is 14.6 Å². The van der Waals surface area contributed by atoms with Crippen molar-refractivity contribution in [2.24, 2.45) is 0 Å². The molecule has 0 aliphatic heterocycles. The Morgan fingerprint density at radius 2 is 1.21 bits per heavy atom. The van der Waals surface area contributed by atoms with Crippen molar-refractivity contribution in [2.75, 3.05) is 20.8 Å². The molecule has 1 atom stereocenters. The molecular formula is C20H29NO3. The lowest BCUT2D eigenvalue weighted by Crippen LogP contribution is -2.30. The Kier molecular flexibility index (Phi) is 8.30. The summed E-state index contributed by atoms with van der Waals surface area (Å²) in [6.07, 6.45) is -0.369. The van der Waals surface area contributed by atoms with Crippen molar-refractivity contribution in [1.82, 2.24) is 4.90 Å². The van der Waals surface area contributed by atoms with Gasteiger partial charge in [0, 0.05) is 19.6 Å². The van der Waals surface area contributed by atoms with Crippen LogP contribution in [-0.4, -0.2) is 36.9 Å². The predicted octanol–water partition coefficient (Wildman–Crippen LogP) is 3.72. The molecule has 0 aliphatic carbocycles. The lowest BCUT2D eigenvalue weighted by atomic mass is 10.1. The minimum Gasteiger partial charge on any atom is -0.497 e. The van der Waals surface area contributed by atoms with Gasteiger partial charge in [-0.2, -0.15) is 0 Å². The number of aliphatic hydroxyl groups excluding tert-OH is 1. The quantitative estimate of drug-likeness (QED) is 0.800. The van der Waals surface area contributed by atoms with Crippen molar-refractivity contribution >= 4 is 0 Å². The minimum atomic E-state index is -0.369. The maximum atomic E-state index is 9.76. The van der Waals surface area contributed by atoms with E-state index in [9.17, 15) is 5.11 Å². The molecule has 132 valence electrons.